The number of aromatic nitrogens is 1. The van der Waals surface area contributed by atoms with Crippen LogP contribution >= 0.6 is 34.5 Å². The zero-order chi connectivity index (χ0) is 17.8. The molecule has 1 aromatic heterocycles. The van der Waals surface area contributed by atoms with E-state index >= 15 is 0 Å². The molecule has 3 aromatic rings. The summed E-state index contributed by atoms with van der Waals surface area (Å²) in [4.78, 5) is 4.61. The highest BCUT2D eigenvalue weighted by Gasteiger charge is 2.11. The first kappa shape index (κ1) is 17.7. The number of aryl methyl sites for hydroxylation is 1. The Morgan fingerprint density at radius 3 is 2.64 bits per heavy atom. The van der Waals surface area contributed by atoms with E-state index in [-0.39, 0.29) is 0 Å². The Labute approximate surface area is 161 Å². The van der Waals surface area contributed by atoms with Crippen LogP contribution in [0.15, 0.2) is 47.8 Å². The second-order valence-electron chi connectivity index (χ2n) is 5.40. The topological polar surface area (TPSA) is 36.7 Å². The van der Waals surface area contributed by atoms with Crippen molar-refractivity contribution in [3.05, 3.63) is 74.0 Å². The predicted molar refractivity (Wildman–Crippen MR) is 107 cm³/mol. The Morgan fingerprint density at radius 2 is 1.96 bits per heavy atom. The number of nitrogens with zero attached hydrogens (tertiary/aromatic N) is 2. The van der Waals surface area contributed by atoms with Crippen molar-refractivity contribution >= 4 is 46.2 Å². The van der Waals surface area contributed by atoms with Gasteiger partial charge in [0.2, 0.25) is 0 Å². The molecule has 0 saturated carbocycles. The molecule has 25 heavy (non-hydrogen) atoms. The molecule has 2 aromatic carbocycles. The fraction of sp³-hybridized carbons (Fsp3) is 0.100. The van der Waals surface area contributed by atoms with E-state index in [0.717, 1.165) is 17.7 Å². The third-order valence-electron chi connectivity index (χ3n) is 3.79. The predicted octanol–water partition coefficient (Wildman–Crippen LogP) is 6.74. The Hall–Kier alpha value is -2.12. The molecule has 0 amide bonds. The van der Waals surface area contributed by atoms with Gasteiger partial charge < -0.3 is 0 Å². The number of hydrogen-bond donors (Lipinski definition) is 0. The number of hydrogen-bond acceptors (Lipinski definition) is 3. The van der Waals surface area contributed by atoms with Crippen LogP contribution < -0.4 is 0 Å². The largest absolute Gasteiger partial charge is 0.235 e. The molecule has 0 bridgehead atoms. The molecule has 3 rings (SSSR count). The number of rotatable bonds is 4. The Kier molecular flexibility index (Phi) is 5.55. The van der Waals surface area contributed by atoms with Gasteiger partial charge in [0.25, 0.3) is 0 Å². The maximum absolute atomic E-state index is 9.52. The zero-order valence-corrected chi connectivity index (χ0v) is 15.8. The molecule has 0 spiro atoms. The normalized spacial score (nSPS) is 11.4. The van der Waals surface area contributed by atoms with Crippen LogP contribution in [0.4, 0.5) is 0 Å². The van der Waals surface area contributed by atoms with Gasteiger partial charge in [-0.15, -0.1) is 11.3 Å². The molecule has 0 aliphatic carbocycles. The molecule has 0 atom stereocenters. The highest BCUT2D eigenvalue weighted by molar-refractivity contribution is 7.11. The quantitative estimate of drug-likeness (QED) is 0.466. The summed E-state index contributed by atoms with van der Waals surface area (Å²) in [5.41, 5.74) is 4.35. The van der Waals surface area contributed by atoms with Crippen molar-refractivity contribution in [3.63, 3.8) is 0 Å². The molecule has 0 unspecified atom stereocenters. The highest BCUT2D eigenvalue weighted by atomic mass is 35.5. The molecule has 0 aliphatic heterocycles. The van der Waals surface area contributed by atoms with Crippen molar-refractivity contribution in [1.29, 1.82) is 5.26 Å². The van der Waals surface area contributed by atoms with Crippen LogP contribution in [0.5, 0.6) is 0 Å². The van der Waals surface area contributed by atoms with E-state index in [1.165, 1.54) is 16.9 Å². The molecule has 124 valence electrons. The van der Waals surface area contributed by atoms with E-state index in [4.69, 9.17) is 23.2 Å². The van der Waals surface area contributed by atoms with Gasteiger partial charge in [0, 0.05) is 10.9 Å². The number of thiazole rings is 1. The molecule has 0 aliphatic rings. The van der Waals surface area contributed by atoms with Gasteiger partial charge in [-0.05, 0) is 29.7 Å². The molecule has 0 saturated heterocycles. The summed E-state index contributed by atoms with van der Waals surface area (Å²) in [5.74, 6) is 0. The third-order valence-corrected chi connectivity index (χ3v) is 5.50. The Morgan fingerprint density at radius 1 is 1.20 bits per heavy atom. The average Bonchev–Trinajstić information content (AvgIpc) is 3.13. The van der Waals surface area contributed by atoms with Crippen LogP contribution in [0, 0.1) is 11.3 Å². The van der Waals surface area contributed by atoms with E-state index in [1.54, 1.807) is 18.2 Å². The summed E-state index contributed by atoms with van der Waals surface area (Å²) < 4.78 is 0. The highest BCUT2D eigenvalue weighted by Crippen LogP contribution is 2.31. The average molecular weight is 385 g/mol. The van der Waals surface area contributed by atoms with Crippen LogP contribution in [0.3, 0.4) is 0 Å². The lowest BCUT2D eigenvalue weighted by Crippen LogP contribution is -1.85. The molecule has 0 N–H and O–H groups in total. The Balaban J connectivity index is 1.95. The smallest absolute Gasteiger partial charge is 0.134 e. The van der Waals surface area contributed by atoms with Crippen molar-refractivity contribution < 1.29 is 0 Å². The molecule has 2 nitrogen and oxygen atoms in total. The second-order valence-corrected chi connectivity index (χ2v) is 7.04. The molecular formula is C20H14Cl2N2S. The maximum Gasteiger partial charge on any atom is 0.134 e. The van der Waals surface area contributed by atoms with E-state index in [9.17, 15) is 5.26 Å². The van der Waals surface area contributed by atoms with Gasteiger partial charge in [0.1, 0.15) is 11.1 Å². The number of nitriles is 1. The van der Waals surface area contributed by atoms with Crippen LogP contribution in [0.1, 0.15) is 23.1 Å². The summed E-state index contributed by atoms with van der Waals surface area (Å²) >= 11 is 13.7. The van der Waals surface area contributed by atoms with Crippen LogP contribution in [-0.2, 0) is 6.42 Å². The monoisotopic (exact) mass is 384 g/mol. The fourth-order valence-electron chi connectivity index (χ4n) is 2.37. The second kappa shape index (κ2) is 7.84. The standard InChI is InChI=1S/C20H14Cl2N2S/c1-2-13-6-8-14(9-7-13)18-12-25-20(24-18)16(11-23)10-15-4-3-5-17(21)19(15)22/h3-10,12H,2H2,1H3. The summed E-state index contributed by atoms with van der Waals surface area (Å²) in [6.07, 6.45) is 2.72. The minimum Gasteiger partial charge on any atom is -0.235 e. The Bertz CT molecular complexity index is 966. The van der Waals surface area contributed by atoms with Gasteiger partial charge in [-0.25, -0.2) is 4.98 Å². The molecule has 0 radical (unpaired) electrons. The number of halogens is 2. The zero-order valence-electron chi connectivity index (χ0n) is 13.5. The van der Waals surface area contributed by atoms with Gasteiger partial charge in [0.05, 0.1) is 21.3 Å². The van der Waals surface area contributed by atoms with Crippen LogP contribution in [0.2, 0.25) is 10.0 Å². The first-order valence-electron chi connectivity index (χ1n) is 7.73. The van der Waals surface area contributed by atoms with Gasteiger partial charge in [-0.2, -0.15) is 5.26 Å². The molecule has 0 fully saturated rings. The summed E-state index contributed by atoms with van der Waals surface area (Å²) in [7, 11) is 0. The van der Waals surface area contributed by atoms with Crippen molar-refractivity contribution in [3.8, 4) is 17.3 Å². The first-order valence-corrected chi connectivity index (χ1v) is 9.37. The van der Waals surface area contributed by atoms with Gasteiger partial charge >= 0.3 is 0 Å². The SMILES string of the molecule is CCc1ccc(-c2csc(C(C#N)=Cc3cccc(Cl)c3Cl)n2)cc1. The van der Waals surface area contributed by atoms with Crippen molar-refractivity contribution in [2.45, 2.75) is 13.3 Å². The number of benzene rings is 2. The maximum atomic E-state index is 9.52. The van der Waals surface area contributed by atoms with Crippen LogP contribution in [-0.4, -0.2) is 4.98 Å². The lowest BCUT2D eigenvalue weighted by molar-refractivity contribution is 1.14. The van der Waals surface area contributed by atoms with E-state index < -0.39 is 0 Å². The molecule has 1 heterocycles. The van der Waals surface area contributed by atoms with Gasteiger partial charge in [-0.3, -0.25) is 0 Å². The molecular weight excluding hydrogens is 371 g/mol. The number of allylic oxidation sites excluding steroid dienone is 1. The third kappa shape index (κ3) is 3.93. The van der Waals surface area contributed by atoms with Crippen molar-refractivity contribution in [2.75, 3.05) is 0 Å². The fourth-order valence-corrected chi connectivity index (χ4v) is 3.53. The summed E-state index contributed by atoms with van der Waals surface area (Å²) in [6.45, 7) is 2.13. The minimum atomic E-state index is 0.434. The van der Waals surface area contributed by atoms with Crippen molar-refractivity contribution in [2.24, 2.45) is 0 Å². The van der Waals surface area contributed by atoms with Gasteiger partial charge in [0.15, 0.2) is 0 Å². The summed E-state index contributed by atoms with van der Waals surface area (Å²) in [5, 5.41) is 13.0. The van der Waals surface area contributed by atoms with E-state index in [0.29, 0.717) is 26.2 Å². The lowest BCUT2D eigenvalue weighted by Gasteiger charge is -2.01. The van der Waals surface area contributed by atoms with Crippen molar-refractivity contribution in [1.82, 2.24) is 4.98 Å². The van der Waals surface area contributed by atoms with Gasteiger partial charge in [-0.1, -0.05) is 66.5 Å². The van der Waals surface area contributed by atoms with E-state index in [2.05, 4.69) is 42.2 Å². The van der Waals surface area contributed by atoms with Crippen LogP contribution in [0.25, 0.3) is 22.9 Å². The summed E-state index contributed by atoms with van der Waals surface area (Å²) in [6, 6.07) is 15.9. The van der Waals surface area contributed by atoms with E-state index in [1.807, 2.05) is 11.4 Å². The lowest BCUT2D eigenvalue weighted by atomic mass is 10.1. The first-order chi connectivity index (χ1) is 12.1. The minimum absolute atomic E-state index is 0.434. The molecule has 5 heteroatoms.